The fourth-order valence-corrected chi connectivity index (χ4v) is 2.40. The van der Waals surface area contributed by atoms with Crippen molar-refractivity contribution in [1.29, 1.82) is 0 Å². The van der Waals surface area contributed by atoms with Crippen molar-refractivity contribution < 1.29 is 9.13 Å². The average molecular weight is 296 g/mol. The summed E-state index contributed by atoms with van der Waals surface area (Å²) >= 11 is 0. The molecular formula is C17H29FN2O. The first-order chi connectivity index (χ1) is 9.80. The molecule has 0 saturated carbocycles. The highest BCUT2D eigenvalue weighted by molar-refractivity contribution is 5.55. The highest BCUT2D eigenvalue weighted by atomic mass is 19.1. The van der Waals surface area contributed by atoms with Gasteiger partial charge in [0.05, 0.1) is 6.61 Å². The zero-order valence-corrected chi connectivity index (χ0v) is 14.2. The first kappa shape index (κ1) is 17.9. The normalized spacial score (nSPS) is 13.3. The molecule has 21 heavy (non-hydrogen) atoms. The van der Waals surface area contributed by atoms with Crippen molar-refractivity contribution in [3.05, 3.63) is 29.6 Å². The standard InChI is InChI=1S/C17H29FN2O/c1-7-20(13(2)12-21-6)16-10-8-9-15(18)14(16)11-19-17(3,4)5/h8-10,13,19H,7,11-12H2,1-6H3. The summed E-state index contributed by atoms with van der Waals surface area (Å²) in [6.07, 6.45) is 0. The molecule has 0 amide bonds. The number of anilines is 1. The summed E-state index contributed by atoms with van der Waals surface area (Å²) in [5.74, 6) is -0.160. The minimum atomic E-state index is -0.160. The third kappa shape index (κ3) is 5.29. The van der Waals surface area contributed by atoms with Crippen LogP contribution in [0.5, 0.6) is 0 Å². The molecule has 1 N–H and O–H groups in total. The van der Waals surface area contributed by atoms with Gasteiger partial charge in [0, 0.05) is 43.0 Å². The molecule has 0 spiro atoms. The quantitative estimate of drug-likeness (QED) is 0.832. The second-order valence-electron chi connectivity index (χ2n) is 6.43. The molecule has 4 heteroatoms. The molecule has 1 unspecified atom stereocenters. The molecule has 0 aliphatic carbocycles. The molecule has 1 rings (SSSR count). The van der Waals surface area contributed by atoms with Crippen molar-refractivity contribution >= 4 is 5.69 Å². The lowest BCUT2D eigenvalue weighted by molar-refractivity contribution is 0.182. The average Bonchev–Trinajstić information content (AvgIpc) is 2.38. The highest BCUT2D eigenvalue weighted by Crippen LogP contribution is 2.25. The molecule has 1 aromatic rings. The Morgan fingerprint density at radius 2 is 2.00 bits per heavy atom. The lowest BCUT2D eigenvalue weighted by Gasteiger charge is -2.32. The first-order valence-corrected chi connectivity index (χ1v) is 7.58. The van der Waals surface area contributed by atoms with Crippen LogP contribution < -0.4 is 10.2 Å². The predicted octanol–water partition coefficient (Wildman–Crippen LogP) is 3.58. The number of ether oxygens (including phenoxy) is 1. The van der Waals surface area contributed by atoms with Crippen LogP contribution in [-0.2, 0) is 11.3 Å². The van der Waals surface area contributed by atoms with Crippen LogP contribution in [0.4, 0.5) is 10.1 Å². The monoisotopic (exact) mass is 296 g/mol. The van der Waals surface area contributed by atoms with Gasteiger partial charge in [-0.25, -0.2) is 4.39 Å². The number of methoxy groups -OCH3 is 1. The SMILES string of the molecule is CCN(c1cccc(F)c1CNC(C)(C)C)C(C)COC. The Morgan fingerprint density at radius 1 is 1.33 bits per heavy atom. The minimum Gasteiger partial charge on any atom is -0.383 e. The lowest BCUT2D eigenvalue weighted by atomic mass is 10.1. The van der Waals surface area contributed by atoms with Crippen molar-refractivity contribution in [2.75, 3.05) is 25.2 Å². The van der Waals surface area contributed by atoms with Crippen LogP contribution in [0.25, 0.3) is 0 Å². The Kier molecular flexibility index (Phi) is 6.62. The number of likely N-dealkylation sites (N-methyl/N-ethyl adjacent to an activating group) is 1. The van der Waals surface area contributed by atoms with Gasteiger partial charge < -0.3 is 15.0 Å². The van der Waals surface area contributed by atoms with Gasteiger partial charge in [0.25, 0.3) is 0 Å². The van der Waals surface area contributed by atoms with E-state index < -0.39 is 0 Å². The van der Waals surface area contributed by atoms with E-state index in [1.807, 2.05) is 6.07 Å². The van der Waals surface area contributed by atoms with E-state index in [0.717, 1.165) is 17.8 Å². The zero-order valence-electron chi connectivity index (χ0n) is 14.2. The number of hydrogen-bond acceptors (Lipinski definition) is 3. The van der Waals surface area contributed by atoms with E-state index in [0.29, 0.717) is 13.2 Å². The molecular weight excluding hydrogens is 267 g/mol. The van der Waals surface area contributed by atoms with Gasteiger partial charge in [-0.05, 0) is 46.8 Å². The smallest absolute Gasteiger partial charge is 0.129 e. The van der Waals surface area contributed by atoms with E-state index in [-0.39, 0.29) is 17.4 Å². The van der Waals surface area contributed by atoms with Crippen LogP contribution >= 0.6 is 0 Å². The number of halogens is 1. The van der Waals surface area contributed by atoms with Gasteiger partial charge in [-0.15, -0.1) is 0 Å². The van der Waals surface area contributed by atoms with Crippen LogP contribution in [0.1, 0.15) is 40.2 Å². The third-order valence-corrected chi connectivity index (χ3v) is 3.48. The van der Waals surface area contributed by atoms with Gasteiger partial charge >= 0.3 is 0 Å². The van der Waals surface area contributed by atoms with E-state index in [9.17, 15) is 4.39 Å². The van der Waals surface area contributed by atoms with E-state index in [1.54, 1.807) is 13.2 Å². The molecule has 0 aliphatic rings. The van der Waals surface area contributed by atoms with E-state index in [1.165, 1.54) is 6.07 Å². The number of benzene rings is 1. The van der Waals surface area contributed by atoms with E-state index >= 15 is 0 Å². The maximum atomic E-state index is 14.3. The minimum absolute atomic E-state index is 0.0469. The van der Waals surface area contributed by atoms with Crippen LogP contribution in [0.3, 0.4) is 0 Å². The van der Waals surface area contributed by atoms with Crippen molar-refractivity contribution in [2.24, 2.45) is 0 Å². The van der Waals surface area contributed by atoms with Crippen LogP contribution in [-0.4, -0.2) is 31.8 Å². The summed E-state index contributed by atoms with van der Waals surface area (Å²) in [6.45, 7) is 12.4. The number of rotatable bonds is 7. The van der Waals surface area contributed by atoms with Crippen molar-refractivity contribution in [1.82, 2.24) is 5.32 Å². The molecule has 0 heterocycles. The van der Waals surface area contributed by atoms with Gasteiger partial charge in [-0.3, -0.25) is 0 Å². The summed E-state index contributed by atoms with van der Waals surface area (Å²) in [5, 5.41) is 3.37. The summed E-state index contributed by atoms with van der Waals surface area (Å²) in [6, 6.07) is 5.49. The first-order valence-electron chi connectivity index (χ1n) is 7.58. The lowest BCUT2D eigenvalue weighted by Crippen LogP contribution is -2.39. The number of nitrogens with zero attached hydrogens (tertiary/aromatic N) is 1. The summed E-state index contributed by atoms with van der Waals surface area (Å²) < 4.78 is 19.5. The molecule has 120 valence electrons. The molecule has 0 aromatic heterocycles. The largest absolute Gasteiger partial charge is 0.383 e. The summed E-state index contributed by atoms with van der Waals surface area (Å²) in [7, 11) is 1.69. The van der Waals surface area contributed by atoms with Gasteiger partial charge in [0.15, 0.2) is 0 Å². The van der Waals surface area contributed by atoms with Gasteiger partial charge in [-0.2, -0.15) is 0 Å². The Balaban J connectivity index is 3.07. The maximum Gasteiger partial charge on any atom is 0.129 e. The second kappa shape index (κ2) is 7.76. The Bertz CT molecular complexity index is 443. The summed E-state index contributed by atoms with van der Waals surface area (Å²) in [4.78, 5) is 2.19. The van der Waals surface area contributed by atoms with Crippen LogP contribution in [0.15, 0.2) is 18.2 Å². The number of hydrogen-bond donors (Lipinski definition) is 1. The Hall–Kier alpha value is -1.13. The summed E-state index contributed by atoms with van der Waals surface area (Å²) in [5.41, 5.74) is 1.62. The molecule has 0 saturated heterocycles. The molecule has 0 radical (unpaired) electrons. The van der Waals surface area contributed by atoms with Crippen molar-refractivity contribution in [3.8, 4) is 0 Å². The Labute approximate surface area is 128 Å². The highest BCUT2D eigenvalue weighted by Gasteiger charge is 2.19. The molecule has 1 atom stereocenters. The molecule has 1 aromatic carbocycles. The molecule has 0 bridgehead atoms. The van der Waals surface area contributed by atoms with E-state index in [2.05, 4.69) is 44.8 Å². The van der Waals surface area contributed by atoms with Crippen molar-refractivity contribution in [3.63, 3.8) is 0 Å². The maximum absolute atomic E-state index is 14.3. The Morgan fingerprint density at radius 3 is 2.52 bits per heavy atom. The fourth-order valence-electron chi connectivity index (χ4n) is 2.40. The zero-order chi connectivity index (χ0) is 16.0. The number of nitrogens with one attached hydrogen (secondary N) is 1. The third-order valence-electron chi connectivity index (χ3n) is 3.48. The topological polar surface area (TPSA) is 24.5 Å². The molecule has 0 fully saturated rings. The van der Waals surface area contributed by atoms with Gasteiger partial charge in [0.1, 0.15) is 5.82 Å². The van der Waals surface area contributed by atoms with E-state index in [4.69, 9.17) is 4.74 Å². The van der Waals surface area contributed by atoms with Crippen molar-refractivity contribution in [2.45, 2.75) is 52.7 Å². The fraction of sp³-hybridized carbons (Fsp3) is 0.647. The molecule has 3 nitrogen and oxygen atoms in total. The van der Waals surface area contributed by atoms with Crippen LogP contribution in [0.2, 0.25) is 0 Å². The van der Waals surface area contributed by atoms with Crippen LogP contribution in [0, 0.1) is 5.82 Å². The molecule has 0 aliphatic heterocycles. The predicted molar refractivity (Wildman–Crippen MR) is 87.4 cm³/mol. The van der Waals surface area contributed by atoms with Gasteiger partial charge in [0.2, 0.25) is 0 Å². The second-order valence-corrected chi connectivity index (χ2v) is 6.43. The van der Waals surface area contributed by atoms with Gasteiger partial charge in [-0.1, -0.05) is 6.07 Å².